The van der Waals surface area contributed by atoms with Crippen molar-refractivity contribution in [3.8, 4) is 0 Å². The van der Waals surface area contributed by atoms with Crippen molar-refractivity contribution in [2.75, 3.05) is 6.61 Å². The fraction of sp³-hybridized carbons (Fsp3) is 0.235. The van der Waals surface area contributed by atoms with E-state index in [-0.39, 0.29) is 18.8 Å². The fourth-order valence-corrected chi connectivity index (χ4v) is 2.88. The first kappa shape index (κ1) is 14.2. The summed E-state index contributed by atoms with van der Waals surface area (Å²) in [6.45, 7) is 1.97. The van der Waals surface area contributed by atoms with Gasteiger partial charge in [-0.3, -0.25) is 0 Å². The quantitative estimate of drug-likeness (QED) is 0.855. The Hall–Kier alpha value is -1.78. The van der Waals surface area contributed by atoms with Crippen LogP contribution in [0.3, 0.4) is 0 Å². The van der Waals surface area contributed by atoms with Crippen LogP contribution >= 0.6 is 12.6 Å². The number of thiol groups is 1. The molecule has 0 amide bonds. The molecule has 1 aliphatic heterocycles. The third kappa shape index (κ3) is 2.82. The second-order valence-corrected chi connectivity index (χ2v) is 5.63. The molecule has 2 aromatic carbocycles. The highest BCUT2D eigenvalue weighted by molar-refractivity contribution is 7.80. The molecule has 0 saturated heterocycles. The predicted octanol–water partition coefficient (Wildman–Crippen LogP) is 3.16. The molecule has 0 aromatic heterocycles. The molecule has 3 rings (SSSR count). The monoisotopic (exact) mass is 299 g/mol. The second kappa shape index (κ2) is 5.92. The third-order valence-corrected chi connectivity index (χ3v) is 3.96. The molecular formula is C17H17NO2S. The average Bonchev–Trinajstić information content (AvgIpc) is 2.92. The lowest BCUT2D eigenvalue weighted by atomic mass is 10.0. The van der Waals surface area contributed by atoms with Crippen LogP contribution in [-0.2, 0) is 4.74 Å². The van der Waals surface area contributed by atoms with E-state index in [0.29, 0.717) is 5.90 Å². The highest BCUT2D eigenvalue weighted by atomic mass is 32.1. The zero-order valence-electron chi connectivity index (χ0n) is 11.7. The van der Waals surface area contributed by atoms with Gasteiger partial charge in [0.2, 0.25) is 5.90 Å². The molecule has 0 radical (unpaired) electrons. The van der Waals surface area contributed by atoms with Gasteiger partial charge in [0.05, 0.1) is 6.61 Å². The Kier molecular flexibility index (Phi) is 3.99. The number of nitrogens with zero attached hydrogens (tertiary/aromatic N) is 1. The van der Waals surface area contributed by atoms with Crippen molar-refractivity contribution in [3.05, 3.63) is 65.2 Å². The van der Waals surface area contributed by atoms with E-state index in [1.807, 2.05) is 55.5 Å². The number of rotatable bonds is 3. The molecule has 0 saturated carbocycles. The molecule has 0 aliphatic carbocycles. The largest absolute Gasteiger partial charge is 0.467 e. The predicted molar refractivity (Wildman–Crippen MR) is 86.1 cm³/mol. The van der Waals surface area contributed by atoms with Crippen molar-refractivity contribution in [2.45, 2.75) is 24.0 Å². The zero-order valence-corrected chi connectivity index (χ0v) is 12.6. The van der Waals surface area contributed by atoms with Crippen LogP contribution in [0.5, 0.6) is 0 Å². The molecule has 2 atom stereocenters. The lowest BCUT2D eigenvalue weighted by Gasteiger charge is -2.18. The van der Waals surface area contributed by atoms with Crippen molar-refractivity contribution in [1.29, 1.82) is 0 Å². The standard InChI is InChI=1S/C17H17NO2S/c1-11-7-8-13(15(21)9-11)16-14(10-19)18-17(20-16)12-5-3-2-4-6-12/h2-9,14,16,19,21H,10H2,1H3. The summed E-state index contributed by atoms with van der Waals surface area (Å²) < 4.78 is 6.00. The molecule has 2 unspecified atom stereocenters. The first-order valence-electron chi connectivity index (χ1n) is 6.89. The summed E-state index contributed by atoms with van der Waals surface area (Å²) in [7, 11) is 0. The Bertz CT molecular complexity index is 670. The first-order valence-corrected chi connectivity index (χ1v) is 7.34. The van der Waals surface area contributed by atoms with Crippen molar-refractivity contribution < 1.29 is 9.84 Å². The molecule has 0 bridgehead atoms. The van der Waals surface area contributed by atoms with E-state index < -0.39 is 0 Å². The van der Waals surface area contributed by atoms with E-state index in [1.54, 1.807) is 0 Å². The van der Waals surface area contributed by atoms with Crippen molar-refractivity contribution >= 4 is 18.5 Å². The minimum Gasteiger partial charge on any atom is -0.467 e. The van der Waals surface area contributed by atoms with Crippen LogP contribution in [0.2, 0.25) is 0 Å². The molecule has 4 heteroatoms. The Morgan fingerprint density at radius 1 is 1.19 bits per heavy atom. The molecule has 0 spiro atoms. The maximum absolute atomic E-state index is 9.60. The highest BCUT2D eigenvalue weighted by Crippen LogP contribution is 2.34. The van der Waals surface area contributed by atoms with Gasteiger partial charge in [-0.2, -0.15) is 0 Å². The van der Waals surface area contributed by atoms with Crippen LogP contribution in [0.4, 0.5) is 0 Å². The molecule has 3 nitrogen and oxygen atoms in total. The number of hydrogen-bond acceptors (Lipinski definition) is 4. The number of aryl methyl sites for hydroxylation is 1. The summed E-state index contributed by atoms with van der Waals surface area (Å²) in [6.07, 6.45) is -0.293. The normalized spacial score (nSPS) is 21.0. The van der Waals surface area contributed by atoms with E-state index in [2.05, 4.69) is 17.6 Å². The van der Waals surface area contributed by atoms with Crippen LogP contribution in [0, 0.1) is 6.92 Å². The Morgan fingerprint density at radius 3 is 2.62 bits per heavy atom. The van der Waals surface area contributed by atoms with E-state index in [0.717, 1.165) is 21.6 Å². The van der Waals surface area contributed by atoms with Gasteiger partial charge >= 0.3 is 0 Å². The third-order valence-electron chi connectivity index (χ3n) is 3.57. The minimum absolute atomic E-state index is 0.0535. The van der Waals surface area contributed by atoms with Gasteiger partial charge in [0.15, 0.2) is 6.10 Å². The summed E-state index contributed by atoms with van der Waals surface area (Å²) in [6, 6.07) is 15.5. The highest BCUT2D eigenvalue weighted by Gasteiger charge is 2.33. The molecule has 1 aliphatic rings. The lowest BCUT2D eigenvalue weighted by molar-refractivity contribution is 0.150. The molecule has 108 valence electrons. The number of benzene rings is 2. The molecule has 2 aromatic rings. The van der Waals surface area contributed by atoms with Gasteiger partial charge in [-0.05, 0) is 25.1 Å². The number of aliphatic hydroxyl groups excluding tert-OH is 1. The smallest absolute Gasteiger partial charge is 0.217 e. The van der Waals surface area contributed by atoms with Crippen LogP contribution in [0.15, 0.2) is 58.4 Å². The van der Waals surface area contributed by atoms with Gasteiger partial charge in [-0.15, -0.1) is 12.6 Å². The number of hydrogen-bond donors (Lipinski definition) is 2. The number of aliphatic imine (C=N–C) groups is 1. The van der Waals surface area contributed by atoms with E-state index in [4.69, 9.17) is 4.74 Å². The Labute approximate surface area is 129 Å². The molecule has 21 heavy (non-hydrogen) atoms. The van der Waals surface area contributed by atoms with E-state index >= 15 is 0 Å². The van der Waals surface area contributed by atoms with E-state index in [9.17, 15) is 5.11 Å². The van der Waals surface area contributed by atoms with Gasteiger partial charge in [0.25, 0.3) is 0 Å². The summed E-state index contributed by atoms with van der Waals surface area (Å²) in [5.41, 5.74) is 3.02. The number of ether oxygens (including phenoxy) is 1. The Balaban J connectivity index is 1.92. The van der Waals surface area contributed by atoms with Gasteiger partial charge in [-0.25, -0.2) is 4.99 Å². The van der Waals surface area contributed by atoms with Gasteiger partial charge in [-0.1, -0.05) is 35.9 Å². The summed E-state index contributed by atoms with van der Waals surface area (Å²) in [5.74, 6) is 0.577. The molecular weight excluding hydrogens is 282 g/mol. The second-order valence-electron chi connectivity index (χ2n) is 5.15. The van der Waals surface area contributed by atoms with Gasteiger partial charge in [0.1, 0.15) is 6.04 Å². The maximum atomic E-state index is 9.60. The molecule has 1 N–H and O–H groups in total. The summed E-state index contributed by atoms with van der Waals surface area (Å²) in [5, 5.41) is 9.60. The maximum Gasteiger partial charge on any atom is 0.217 e. The zero-order chi connectivity index (χ0) is 14.8. The lowest BCUT2D eigenvalue weighted by Crippen LogP contribution is -2.18. The molecule has 1 heterocycles. The van der Waals surface area contributed by atoms with Gasteiger partial charge in [0, 0.05) is 16.0 Å². The van der Waals surface area contributed by atoms with Crippen LogP contribution in [0.25, 0.3) is 0 Å². The van der Waals surface area contributed by atoms with Gasteiger partial charge < -0.3 is 9.84 Å². The number of aliphatic hydroxyl groups is 1. The summed E-state index contributed by atoms with van der Waals surface area (Å²) >= 11 is 4.53. The first-order chi connectivity index (χ1) is 10.2. The van der Waals surface area contributed by atoms with Crippen molar-refractivity contribution in [1.82, 2.24) is 0 Å². The topological polar surface area (TPSA) is 41.8 Å². The van der Waals surface area contributed by atoms with Crippen molar-refractivity contribution in [3.63, 3.8) is 0 Å². The van der Waals surface area contributed by atoms with Crippen molar-refractivity contribution in [2.24, 2.45) is 4.99 Å². The van der Waals surface area contributed by atoms with Crippen LogP contribution in [-0.4, -0.2) is 23.7 Å². The fourth-order valence-electron chi connectivity index (χ4n) is 2.47. The van der Waals surface area contributed by atoms with Crippen LogP contribution < -0.4 is 0 Å². The molecule has 0 fully saturated rings. The van der Waals surface area contributed by atoms with E-state index in [1.165, 1.54) is 0 Å². The summed E-state index contributed by atoms with van der Waals surface area (Å²) in [4.78, 5) is 5.37. The SMILES string of the molecule is Cc1ccc(C2OC(c3ccccc3)=NC2CO)c(S)c1. The minimum atomic E-state index is -0.297. The van der Waals surface area contributed by atoms with Crippen LogP contribution in [0.1, 0.15) is 22.8 Å². The Morgan fingerprint density at radius 2 is 1.95 bits per heavy atom. The average molecular weight is 299 g/mol.